The molecular formula is C16H16O2. The summed E-state index contributed by atoms with van der Waals surface area (Å²) in [6.07, 6.45) is 3.57. The van der Waals surface area contributed by atoms with Gasteiger partial charge in [-0.25, -0.2) is 0 Å². The van der Waals surface area contributed by atoms with Crippen LogP contribution in [0.15, 0.2) is 40.8 Å². The molecule has 1 aliphatic carbocycles. The Labute approximate surface area is 106 Å². The number of ketones is 1. The van der Waals surface area contributed by atoms with Gasteiger partial charge in [-0.3, -0.25) is 4.79 Å². The van der Waals surface area contributed by atoms with Gasteiger partial charge in [-0.2, -0.15) is 0 Å². The number of allylic oxidation sites excluding steroid dienone is 2. The van der Waals surface area contributed by atoms with E-state index in [1.165, 1.54) is 0 Å². The highest BCUT2D eigenvalue weighted by Gasteiger charge is 2.28. The molecular weight excluding hydrogens is 224 g/mol. The number of carbonyl (C=O) groups is 1. The number of hydrogen-bond donors (Lipinski definition) is 0. The summed E-state index contributed by atoms with van der Waals surface area (Å²) in [5, 5.41) is 1.05. The molecule has 0 aliphatic heterocycles. The Bertz CT molecular complexity index is 611. The van der Waals surface area contributed by atoms with E-state index in [1.54, 1.807) is 0 Å². The molecule has 2 aromatic rings. The third kappa shape index (κ3) is 1.88. The van der Waals surface area contributed by atoms with Crippen LogP contribution in [0.25, 0.3) is 16.5 Å². The molecule has 0 atom stereocenters. The lowest BCUT2D eigenvalue weighted by Crippen LogP contribution is -2.18. The molecule has 18 heavy (non-hydrogen) atoms. The molecule has 92 valence electrons. The molecule has 0 bridgehead atoms. The number of carbonyl (C=O) groups excluding carboxylic acids is 1. The van der Waals surface area contributed by atoms with E-state index in [9.17, 15) is 4.79 Å². The first kappa shape index (κ1) is 11.3. The molecule has 3 rings (SSSR count). The van der Waals surface area contributed by atoms with Crippen LogP contribution >= 0.6 is 0 Å². The van der Waals surface area contributed by atoms with Crippen LogP contribution in [0.1, 0.15) is 32.4 Å². The van der Waals surface area contributed by atoms with Gasteiger partial charge in [0.2, 0.25) is 0 Å². The Morgan fingerprint density at radius 2 is 2.00 bits per heavy atom. The smallest absolute Gasteiger partial charge is 0.166 e. The van der Waals surface area contributed by atoms with Crippen LogP contribution in [0.2, 0.25) is 0 Å². The van der Waals surface area contributed by atoms with Gasteiger partial charge in [-0.1, -0.05) is 38.1 Å². The number of hydrogen-bond acceptors (Lipinski definition) is 2. The van der Waals surface area contributed by atoms with E-state index in [4.69, 9.17) is 4.42 Å². The van der Waals surface area contributed by atoms with Gasteiger partial charge in [0.1, 0.15) is 11.3 Å². The molecule has 0 fully saturated rings. The molecule has 1 aromatic carbocycles. The molecule has 0 radical (unpaired) electrons. The maximum absolute atomic E-state index is 12.0. The molecule has 2 heteroatoms. The van der Waals surface area contributed by atoms with E-state index in [-0.39, 0.29) is 11.2 Å². The van der Waals surface area contributed by atoms with Crippen molar-refractivity contribution in [1.82, 2.24) is 0 Å². The van der Waals surface area contributed by atoms with E-state index in [0.29, 0.717) is 12.2 Å². The van der Waals surface area contributed by atoms with Crippen molar-refractivity contribution >= 4 is 22.3 Å². The number of benzene rings is 1. The molecule has 0 saturated heterocycles. The molecule has 0 amide bonds. The van der Waals surface area contributed by atoms with Crippen molar-refractivity contribution in [2.45, 2.75) is 26.7 Å². The van der Waals surface area contributed by atoms with Crippen molar-refractivity contribution in [1.29, 1.82) is 0 Å². The SMILES string of the molecule is CC1(C)C=C(c2cc3ccccc3o2)C(=O)CC1. The minimum atomic E-state index is 0.0716. The lowest BCUT2D eigenvalue weighted by atomic mass is 9.78. The zero-order chi connectivity index (χ0) is 12.8. The lowest BCUT2D eigenvalue weighted by Gasteiger charge is -2.25. The van der Waals surface area contributed by atoms with Crippen molar-refractivity contribution in [3.05, 3.63) is 42.2 Å². The second-order valence-corrected chi connectivity index (χ2v) is 5.62. The first-order valence-electron chi connectivity index (χ1n) is 6.30. The molecule has 0 unspecified atom stereocenters. The molecule has 1 aromatic heterocycles. The van der Waals surface area contributed by atoms with Gasteiger partial charge < -0.3 is 4.42 Å². The summed E-state index contributed by atoms with van der Waals surface area (Å²) >= 11 is 0. The highest BCUT2D eigenvalue weighted by atomic mass is 16.3. The normalized spacial score (nSPS) is 19.0. The zero-order valence-electron chi connectivity index (χ0n) is 10.7. The number of para-hydroxylation sites is 1. The third-order valence-corrected chi connectivity index (χ3v) is 3.52. The minimum Gasteiger partial charge on any atom is -0.456 e. The van der Waals surface area contributed by atoms with Crippen molar-refractivity contribution in [2.24, 2.45) is 5.41 Å². The van der Waals surface area contributed by atoms with Crippen molar-refractivity contribution in [3.8, 4) is 0 Å². The summed E-state index contributed by atoms with van der Waals surface area (Å²) in [4.78, 5) is 12.0. The van der Waals surface area contributed by atoms with Crippen LogP contribution in [0, 0.1) is 5.41 Å². The Morgan fingerprint density at radius 1 is 1.22 bits per heavy atom. The Morgan fingerprint density at radius 3 is 2.78 bits per heavy atom. The Hall–Kier alpha value is -1.83. The summed E-state index contributed by atoms with van der Waals surface area (Å²) in [6, 6.07) is 9.80. The maximum atomic E-state index is 12.0. The largest absolute Gasteiger partial charge is 0.456 e. The predicted molar refractivity (Wildman–Crippen MR) is 72.2 cm³/mol. The van der Waals surface area contributed by atoms with Crippen LogP contribution in [0.5, 0.6) is 0 Å². The van der Waals surface area contributed by atoms with E-state index >= 15 is 0 Å². The predicted octanol–water partition coefficient (Wildman–Crippen LogP) is 4.21. The topological polar surface area (TPSA) is 30.2 Å². The minimum absolute atomic E-state index is 0.0716. The third-order valence-electron chi connectivity index (χ3n) is 3.52. The standard InChI is InChI=1S/C16H16O2/c1-16(2)8-7-13(17)12(10-16)15-9-11-5-3-4-6-14(11)18-15/h3-6,9-10H,7-8H2,1-2H3. The van der Waals surface area contributed by atoms with Gasteiger partial charge in [-0.05, 0) is 24.0 Å². The summed E-state index contributed by atoms with van der Waals surface area (Å²) in [6.45, 7) is 4.31. The van der Waals surface area contributed by atoms with Crippen molar-refractivity contribution in [3.63, 3.8) is 0 Å². The zero-order valence-corrected chi connectivity index (χ0v) is 10.7. The quantitative estimate of drug-likeness (QED) is 0.747. The highest BCUT2D eigenvalue weighted by Crippen LogP contribution is 2.36. The second-order valence-electron chi connectivity index (χ2n) is 5.62. The van der Waals surface area contributed by atoms with Gasteiger partial charge in [0.15, 0.2) is 5.78 Å². The van der Waals surface area contributed by atoms with E-state index < -0.39 is 0 Å². The summed E-state index contributed by atoms with van der Waals surface area (Å²) in [5.74, 6) is 0.891. The monoisotopic (exact) mass is 240 g/mol. The average Bonchev–Trinajstić information content (AvgIpc) is 2.76. The van der Waals surface area contributed by atoms with Crippen LogP contribution in [-0.2, 0) is 4.79 Å². The highest BCUT2D eigenvalue weighted by molar-refractivity contribution is 6.21. The van der Waals surface area contributed by atoms with Gasteiger partial charge in [0.05, 0.1) is 5.57 Å². The van der Waals surface area contributed by atoms with Gasteiger partial charge in [0.25, 0.3) is 0 Å². The molecule has 1 heterocycles. The van der Waals surface area contributed by atoms with Crippen molar-refractivity contribution < 1.29 is 9.21 Å². The number of rotatable bonds is 1. The Balaban J connectivity index is 2.13. The molecule has 0 N–H and O–H groups in total. The Kier molecular flexibility index (Phi) is 2.40. The fraction of sp³-hybridized carbons (Fsp3) is 0.312. The lowest BCUT2D eigenvalue weighted by molar-refractivity contribution is -0.114. The summed E-state index contributed by atoms with van der Waals surface area (Å²) < 4.78 is 5.78. The van der Waals surface area contributed by atoms with Crippen LogP contribution < -0.4 is 0 Å². The van der Waals surface area contributed by atoms with Crippen LogP contribution in [-0.4, -0.2) is 5.78 Å². The van der Waals surface area contributed by atoms with Crippen LogP contribution in [0.3, 0.4) is 0 Å². The first-order valence-corrected chi connectivity index (χ1v) is 6.30. The molecule has 0 saturated carbocycles. The van der Waals surface area contributed by atoms with Crippen molar-refractivity contribution in [2.75, 3.05) is 0 Å². The second kappa shape index (κ2) is 3.84. The fourth-order valence-corrected chi connectivity index (χ4v) is 2.44. The van der Waals surface area contributed by atoms with Gasteiger partial charge in [-0.15, -0.1) is 0 Å². The number of furan rings is 1. The maximum Gasteiger partial charge on any atom is 0.166 e. The van der Waals surface area contributed by atoms with E-state index in [2.05, 4.69) is 19.9 Å². The van der Waals surface area contributed by atoms with E-state index in [1.807, 2.05) is 30.3 Å². The number of Topliss-reactive ketones (excluding diaryl/α,β-unsaturated/α-hetero) is 1. The molecule has 0 spiro atoms. The van der Waals surface area contributed by atoms with Crippen LogP contribution in [0.4, 0.5) is 0 Å². The van der Waals surface area contributed by atoms with Gasteiger partial charge in [0, 0.05) is 11.8 Å². The summed E-state index contributed by atoms with van der Waals surface area (Å²) in [5.41, 5.74) is 1.65. The van der Waals surface area contributed by atoms with Gasteiger partial charge >= 0.3 is 0 Å². The molecule has 1 aliphatic rings. The average molecular weight is 240 g/mol. The van der Waals surface area contributed by atoms with E-state index in [0.717, 1.165) is 23.0 Å². The number of fused-ring (bicyclic) bond motifs is 1. The summed E-state index contributed by atoms with van der Waals surface area (Å²) in [7, 11) is 0. The first-order chi connectivity index (χ1) is 8.55. The fourth-order valence-electron chi connectivity index (χ4n) is 2.44. The molecule has 2 nitrogen and oxygen atoms in total.